The average Bonchev–Trinajstić information content (AvgIpc) is 2.01. The molecule has 3 unspecified atom stereocenters. The highest BCUT2D eigenvalue weighted by Gasteiger charge is 2.34. The molecule has 0 aromatic heterocycles. The molecule has 0 aliphatic heterocycles. The third-order valence-corrected chi connectivity index (χ3v) is 4.94. The Kier molecular flexibility index (Phi) is 3.85. The van der Waals surface area contributed by atoms with Crippen molar-refractivity contribution in [3.05, 3.63) is 0 Å². The summed E-state index contributed by atoms with van der Waals surface area (Å²) in [6.45, 7) is 9.53. The molecule has 1 aliphatic rings. The van der Waals surface area contributed by atoms with E-state index in [0.29, 0.717) is 5.41 Å². The quantitative estimate of drug-likeness (QED) is 0.624. The van der Waals surface area contributed by atoms with Gasteiger partial charge < -0.3 is 0 Å². The van der Waals surface area contributed by atoms with E-state index in [1.165, 1.54) is 25.7 Å². The van der Waals surface area contributed by atoms with E-state index in [-0.39, 0.29) is 0 Å². The molecule has 0 aromatic carbocycles. The normalized spacial score (nSPS) is 35.8. The minimum absolute atomic E-state index is 0.594. The Hall–Kier alpha value is 0.480. The van der Waals surface area contributed by atoms with Crippen molar-refractivity contribution >= 4 is 15.9 Å². The van der Waals surface area contributed by atoms with Gasteiger partial charge in [-0.2, -0.15) is 0 Å². The summed E-state index contributed by atoms with van der Waals surface area (Å²) in [5.41, 5.74) is 0.594. The highest BCUT2D eigenvalue weighted by Crippen LogP contribution is 2.44. The van der Waals surface area contributed by atoms with Crippen LogP contribution >= 0.6 is 15.9 Å². The van der Waals surface area contributed by atoms with Crippen LogP contribution in [-0.2, 0) is 0 Å². The molecule has 0 bridgehead atoms. The summed E-state index contributed by atoms with van der Waals surface area (Å²) in [7, 11) is 0. The summed E-state index contributed by atoms with van der Waals surface area (Å²) in [5, 5.41) is 0. The van der Waals surface area contributed by atoms with Crippen LogP contribution in [0.5, 0.6) is 0 Å². The molecule has 0 N–H and O–H groups in total. The Morgan fingerprint density at radius 1 is 1.46 bits per heavy atom. The van der Waals surface area contributed by atoms with Gasteiger partial charge in [0, 0.05) is 4.83 Å². The summed E-state index contributed by atoms with van der Waals surface area (Å²) < 4.78 is 0. The lowest BCUT2D eigenvalue weighted by atomic mass is 9.67. The molecule has 1 fully saturated rings. The van der Waals surface area contributed by atoms with Crippen molar-refractivity contribution < 1.29 is 0 Å². The second-order valence-corrected chi connectivity index (χ2v) is 6.65. The largest absolute Gasteiger partial charge is 0.0888 e. The van der Waals surface area contributed by atoms with Crippen LogP contribution in [0.15, 0.2) is 0 Å². The standard InChI is InChI=1S/C12H23Br/c1-5-11(13)10-6-7-12(3,4)8-9(10)2/h9-11H,5-8H2,1-4H3. The van der Waals surface area contributed by atoms with Gasteiger partial charge in [0.2, 0.25) is 0 Å². The lowest BCUT2D eigenvalue weighted by Crippen LogP contribution is -2.32. The first-order valence-electron chi connectivity index (χ1n) is 5.60. The minimum Gasteiger partial charge on any atom is -0.0888 e. The molecule has 0 heterocycles. The molecule has 13 heavy (non-hydrogen) atoms. The second kappa shape index (κ2) is 4.33. The van der Waals surface area contributed by atoms with Gasteiger partial charge in [-0.1, -0.05) is 43.6 Å². The zero-order valence-corrected chi connectivity index (χ0v) is 11.0. The number of halogens is 1. The van der Waals surface area contributed by atoms with Crippen molar-refractivity contribution in [2.75, 3.05) is 0 Å². The van der Waals surface area contributed by atoms with Gasteiger partial charge in [-0.15, -0.1) is 0 Å². The Bertz CT molecular complexity index is 163. The van der Waals surface area contributed by atoms with Crippen LogP contribution in [0.4, 0.5) is 0 Å². The van der Waals surface area contributed by atoms with Crippen LogP contribution in [0.1, 0.15) is 53.4 Å². The fraction of sp³-hybridized carbons (Fsp3) is 1.00. The molecule has 3 atom stereocenters. The van der Waals surface area contributed by atoms with Crippen molar-refractivity contribution in [1.82, 2.24) is 0 Å². The van der Waals surface area contributed by atoms with E-state index in [1.807, 2.05) is 0 Å². The Morgan fingerprint density at radius 2 is 2.08 bits per heavy atom. The summed E-state index contributed by atoms with van der Waals surface area (Å²) in [5.74, 6) is 1.81. The van der Waals surface area contributed by atoms with Crippen LogP contribution < -0.4 is 0 Å². The van der Waals surface area contributed by atoms with Crippen LogP contribution in [0.3, 0.4) is 0 Å². The molecule has 1 aliphatic carbocycles. The number of hydrogen-bond donors (Lipinski definition) is 0. The first kappa shape index (κ1) is 11.6. The number of hydrogen-bond acceptors (Lipinski definition) is 0. The molecule has 0 nitrogen and oxygen atoms in total. The molecular weight excluding hydrogens is 224 g/mol. The summed E-state index contributed by atoms with van der Waals surface area (Å²) in [4.78, 5) is 0.749. The molecule has 1 rings (SSSR count). The highest BCUT2D eigenvalue weighted by molar-refractivity contribution is 9.09. The van der Waals surface area contributed by atoms with Crippen LogP contribution in [0.25, 0.3) is 0 Å². The van der Waals surface area contributed by atoms with Crippen molar-refractivity contribution in [3.63, 3.8) is 0 Å². The van der Waals surface area contributed by atoms with E-state index >= 15 is 0 Å². The Labute approximate surface area is 91.6 Å². The molecule has 78 valence electrons. The summed E-state index contributed by atoms with van der Waals surface area (Å²) in [6.07, 6.45) is 5.50. The lowest BCUT2D eigenvalue weighted by molar-refractivity contribution is 0.127. The second-order valence-electron chi connectivity index (χ2n) is 5.47. The van der Waals surface area contributed by atoms with Gasteiger partial charge in [-0.05, 0) is 42.9 Å². The first-order chi connectivity index (χ1) is 5.96. The maximum atomic E-state index is 3.82. The van der Waals surface area contributed by atoms with E-state index < -0.39 is 0 Å². The smallest absolute Gasteiger partial charge is 0.0174 e. The van der Waals surface area contributed by atoms with E-state index in [2.05, 4.69) is 43.6 Å². The Balaban J connectivity index is 2.53. The summed E-state index contributed by atoms with van der Waals surface area (Å²) >= 11 is 3.82. The van der Waals surface area contributed by atoms with Crippen molar-refractivity contribution in [3.8, 4) is 0 Å². The zero-order valence-electron chi connectivity index (χ0n) is 9.44. The molecule has 1 heteroatoms. The fourth-order valence-electron chi connectivity index (χ4n) is 2.81. The van der Waals surface area contributed by atoms with Crippen LogP contribution in [0, 0.1) is 17.3 Å². The molecular formula is C12H23Br. The van der Waals surface area contributed by atoms with Gasteiger partial charge >= 0.3 is 0 Å². The lowest BCUT2D eigenvalue weighted by Gasteiger charge is -2.41. The van der Waals surface area contributed by atoms with E-state index in [0.717, 1.165) is 16.7 Å². The monoisotopic (exact) mass is 246 g/mol. The number of rotatable bonds is 2. The molecule has 0 amide bonds. The third-order valence-electron chi connectivity index (χ3n) is 3.61. The molecule has 0 spiro atoms. The van der Waals surface area contributed by atoms with Crippen molar-refractivity contribution in [2.45, 2.75) is 58.2 Å². The van der Waals surface area contributed by atoms with E-state index in [4.69, 9.17) is 0 Å². The van der Waals surface area contributed by atoms with Gasteiger partial charge in [0.25, 0.3) is 0 Å². The van der Waals surface area contributed by atoms with Crippen LogP contribution in [-0.4, -0.2) is 4.83 Å². The molecule has 0 saturated heterocycles. The van der Waals surface area contributed by atoms with Gasteiger partial charge in [0.05, 0.1) is 0 Å². The maximum absolute atomic E-state index is 3.82. The SMILES string of the molecule is CCC(Br)C1CCC(C)(C)CC1C. The van der Waals surface area contributed by atoms with Gasteiger partial charge in [-0.25, -0.2) is 0 Å². The number of alkyl halides is 1. The molecule has 0 aromatic rings. The predicted octanol–water partition coefficient (Wildman–Crippen LogP) is 4.62. The Morgan fingerprint density at radius 3 is 2.54 bits per heavy atom. The van der Waals surface area contributed by atoms with Crippen LogP contribution in [0.2, 0.25) is 0 Å². The van der Waals surface area contributed by atoms with Gasteiger partial charge in [-0.3, -0.25) is 0 Å². The van der Waals surface area contributed by atoms with Crippen molar-refractivity contribution in [1.29, 1.82) is 0 Å². The first-order valence-corrected chi connectivity index (χ1v) is 6.52. The van der Waals surface area contributed by atoms with Gasteiger partial charge in [0.1, 0.15) is 0 Å². The van der Waals surface area contributed by atoms with E-state index in [1.54, 1.807) is 0 Å². The zero-order chi connectivity index (χ0) is 10.1. The topological polar surface area (TPSA) is 0 Å². The fourth-order valence-corrected chi connectivity index (χ4v) is 3.59. The van der Waals surface area contributed by atoms with E-state index in [9.17, 15) is 0 Å². The molecule has 0 radical (unpaired) electrons. The molecule has 1 saturated carbocycles. The minimum atomic E-state index is 0.594. The average molecular weight is 247 g/mol. The van der Waals surface area contributed by atoms with Crippen molar-refractivity contribution in [2.24, 2.45) is 17.3 Å². The highest BCUT2D eigenvalue weighted by atomic mass is 79.9. The van der Waals surface area contributed by atoms with Gasteiger partial charge in [0.15, 0.2) is 0 Å². The maximum Gasteiger partial charge on any atom is 0.0174 e. The summed E-state index contributed by atoms with van der Waals surface area (Å²) in [6, 6.07) is 0. The third kappa shape index (κ3) is 2.97. The predicted molar refractivity (Wildman–Crippen MR) is 63.3 cm³/mol.